The largest absolute Gasteiger partial charge is 0.477 e. The van der Waals surface area contributed by atoms with Crippen LogP contribution in [0.5, 0.6) is 0 Å². The third-order valence-electron chi connectivity index (χ3n) is 2.87. The Bertz CT molecular complexity index is 785. The number of nitrogens with zero attached hydrogens (tertiary/aromatic N) is 2. The van der Waals surface area contributed by atoms with E-state index < -0.39 is 5.97 Å². The molecule has 21 heavy (non-hydrogen) atoms. The van der Waals surface area contributed by atoms with Crippen molar-refractivity contribution in [2.75, 3.05) is 0 Å². The van der Waals surface area contributed by atoms with Crippen molar-refractivity contribution in [3.8, 4) is 21.8 Å². The molecule has 2 heterocycles. The zero-order chi connectivity index (χ0) is 14.8. The molecule has 6 heteroatoms. The number of halogens is 1. The van der Waals surface area contributed by atoms with Crippen LogP contribution >= 0.6 is 11.3 Å². The van der Waals surface area contributed by atoms with Gasteiger partial charge in [-0.2, -0.15) is 0 Å². The second kappa shape index (κ2) is 5.41. The first-order valence-electron chi connectivity index (χ1n) is 6.05. The zero-order valence-corrected chi connectivity index (χ0v) is 11.5. The first-order chi connectivity index (χ1) is 10.1. The number of benzene rings is 1. The van der Waals surface area contributed by atoms with Crippen LogP contribution in [0.2, 0.25) is 0 Å². The van der Waals surface area contributed by atoms with E-state index in [1.165, 1.54) is 24.3 Å². The molecule has 0 saturated heterocycles. The van der Waals surface area contributed by atoms with Gasteiger partial charge in [-0.25, -0.2) is 14.2 Å². The summed E-state index contributed by atoms with van der Waals surface area (Å²) >= 11 is 1.09. The second-order valence-electron chi connectivity index (χ2n) is 4.24. The van der Waals surface area contributed by atoms with Gasteiger partial charge < -0.3 is 5.11 Å². The topological polar surface area (TPSA) is 63.1 Å². The summed E-state index contributed by atoms with van der Waals surface area (Å²) < 4.78 is 13.0. The molecule has 0 fully saturated rings. The van der Waals surface area contributed by atoms with Gasteiger partial charge in [0.2, 0.25) is 0 Å². The van der Waals surface area contributed by atoms with Crippen LogP contribution < -0.4 is 0 Å². The maximum atomic E-state index is 13.0. The molecule has 0 aliphatic heterocycles. The number of rotatable bonds is 3. The van der Waals surface area contributed by atoms with E-state index in [1.807, 2.05) is 0 Å². The van der Waals surface area contributed by atoms with E-state index in [0.717, 1.165) is 16.9 Å². The first-order valence-corrected chi connectivity index (χ1v) is 6.87. The van der Waals surface area contributed by atoms with E-state index in [-0.39, 0.29) is 10.7 Å². The summed E-state index contributed by atoms with van der Waals surface area (Å²) in [7, 11) is 0. The van der Waals surface area contributed by atoms with E-state index in [2.05, 4.69) is 9.97 Å². The quantitative estimate of drug-likeness (QED) is 0.801. The lowest BCUT2D eigenvalue weighted by atomic mass is 10.1. The minimum absolute atomic E-state index is 0.133. The number of hydrogen-bond acceptors (Lipinski definition) is 4. The van der Waals surface area contributed by atoms with Gasteiger partial charge in [-0.1, -0.05) is 0 Å². The maximum Gasteiger partial charge on any atom is 0.348 e. The second-order valence-corrected chi connectivity index (χ2v) is 5.24. The van der Waals surface area contributed by atoms with Crippen LogP contribution in [0.3, 0.4) is 0 Å². The maximum absolute atomic E-state index is 13.0. The predicted octanol–water partition coefficient (Wildman–Crippen LogP) is 3.71. The molecule has 0 atom stereocenters. The van der Waals surface area contributed by atoms with Crippen LogP contribution in [-0.4, -0.2) is 21.0 Å². The molecule has 0 bridgehead atoms. The summed E-state index contributed by atoms with van der Waals surface area (Å²) in [4.78, 5) is 19.8. The molecule has 2 aromatic heterocycles. The Hall–Kier alpha value is -2.60. The summed E-state index contributed by atoms with van der Waals surface area (Å²) in [6, 6.07) is 9.14. The Morgan fingerprint density at radius 2 is 1.71 bits per heavy atom. The highest BCUT2D eigenvalue weighted by molar-refractivity contribution is 7.17. The Labute approximate surface area is 123 Å². The highest BCUT2D eigenvalue weighted by Gasteiger charge is 2.19. The Morgan fingerprint density at radius 3 is 2.33 bits per heavy atom. The molecular formula is C15H9FN2O2S. The van der Waals surface area contributed by atoms with E-state index in [4.69, 9.17) is 0 Å². The van der Waals surface area contributed by atoms with Crippen LogP contribution in [0, 0.1) is 5.82 Å². The van der Waals surface area contributed by atoms with Gasteiger partial charge in [0.25, 0.3) is 0 Å². The van der Waals surface area contributed by atoms with Crippen LogP contribution in [-0.2, 0) is 0 Å². The van der Waals surface area contributed by atoms with E-state index in [9.17, 15) is 14.3 Å². The smallest absolute Gasteiger partial charge is 0.348 e. The SMILES string of the molecule is O=C(O)c1sc(-c2ccncc2)nc1-c1ccc(F)cc1. The Balaban J connectivity index is 2.14. The van der Waals surface area contributed by atoms with Gasteiger partial charge in [0.05, 0.1) is 5.69 Å². The van der Waals surface area contributed by atoms with Gasteiger partial charge in [0.1, 0.15) is 15.7 Å². The number of hydrogen-bond donors (Lipinski definition) is 1. The number of thiazole rings is 1. The molecule has 3 rings (SSSR count). The third kappa shape index (κ3) is 2.66. The molecule has 0 aliphatic rings. The summed E-state index contributed by atoms with van der Waals surface area (Å²) in [5.74, 6) is -1.42. The minimum Gasteiger partial charge on any atom is -0.477 e. The Kier molecular flexibility index (Phi) is 3.45. The standard InChI is InChI=1S/C15H9FN2O2S/c16-11-3-1-9(2-4-11)12-13(15(19)20)21-14(18-12)10-5-7-17-8-6-10/h1-8H,(H,19,20). The number of aromatic carboxylic acids is 1. The first kappa shape index (κ1) is 13.4. The van der Waals surface area contributed by atoms with Crippen molar-refractivity contribution in [2.45, 2.75) is 0 Å². The van der Waals surface area contributed by atoms with Crippen LogP contribution in [0.4, 0.5) is 4.39 Å². The lowest BCUT2D eigenvalue weighted by Gasteiger charge is -1.98. The Morgan fingerprint density at radius 1 is 1.05 bits per heavy atom. The van der Waals surface area contributed by atoms with Crippen LogP contribution in [0.15, 0.2) is 48.8 Å². The van der Waals surface area contributed by atoms with Crippen LogP contribution in [0.25, 0.3) is 21.8 Å². The molecule has 0 radical (unpaired) electrons. The molecule has 1 N–H and O–H groups in total. The van der Waals surface area contributed by atoms with E-state index in [1.54, 1.807) is 24.5 Å². The van der Waals surface area contributed by atoms with Crippen molar-refractivity contribution >= 4 is 17.3 Å². The minimum atomic E-state index is -1.05. The highest BCUT2D eigenvalue weighted by atomic mass is 32.1. The summed E-state index contributed by atoms with van der Waals surface area (Å²) in [5, 5.41) is 9.92. The molecule has 0 aliphatic carbocycles. The van der Waals surface area contributed by atoms with Gasteiger partial charge in [0.15, 0.2) is 0 Å². The fourth-order valence-corrected chi connectivity index (χ4v) is 2.82. The van der Waals surface area contributed by atoms with Gasteiger partial charge in [-0.05, 0) is 36.4 Å². The molecule has 1 aromatic carbocycles. The third-order valence-corrected chi connectivity index (χ3v) is 3.96. The monoisotopic (exact) mass is 300 g/mol. The number of carbonyl (C=O) groups is 1. The molecular weight excluding hydrogens is 291 g/mol. The lowest BCUT2D eigenvalue weighted by molar-refractivity contribution is 0.0702. The molecule has 0 saturated carbocycles. The fourth-order valence-electron chi connectivity index (χ4n) is 1.89. The molecule has 0 spiro atoms. The average molecular weight is 300 g/mol. The highest BCUT2D eigenvalue weighted by Crippen LogP contribution is 2.33. The van der Waals surface area contributed by atoms with Crippen molar-refractivity contribution in [2.24, 2.45) is 0 Å². The molecule has 0 unspecified atom stereocenters. The van der Waals surface area contributed by atoms with Gasteiger partial charge in [-0.3, -0.25) is 4.98 Å². The van der Waals surface area contributed by atoms with Gasteiger partial charge in [-0.15, -0.1) is 11.3 Å². The number of carboxylic acid groups (broad SMARTS) is 1. The summed E-state index contributed by atoms with van der Waals surface area (Å²) in [6.45, 7) is 0. The van der Waals surface area contributed by atoms with E-state index >= 15 is 0 Å². The van der Waals surface area contributed by atoms with Crippen molar-refractivity contribution < 1.29 is 14.3 Å². The lowest BCUT2D eigenvalue weighted by Crippen LogP contribution is -1.95. The number of carboxylic acids is 1. The molecule has 3 aromatic rings. The number of pyridine rings is 1. The normalized spacial score (nSPS) is 10.5. The van der Waals surface area contributed by atoms with Crippen molar-refractivity contribution in [1.29, 1.82) is 0 Å². The van der Waals surface area contributed by atoms with Crippen LogP contribution in [0.1, 0.15) is 9.67 Å². The summed E-state index contributed by atoms with van der Waals surface area (Å²) in [5.41, 5.74) is 1.72. The molecule has 4 nitrogen and oxygen atoms in total. The van der Waals surface area contributed by atoms with Crippen molar-refractivity contribution in [3.05, 3.63) is 59.5 Å². The van der Waals surface area contributed by atoms with Crippen molar-refractivity contribution in [3.63, 3.8) is 0 Å². The molecule has 104 valence electrons. The van der Waals surface area contributed by atoms with Gasteiger partial charge in [0, 0.05) is 23.5 Å². The van der Waals surface area contributed by atoms with Crippen molar-refractivity contribution in [1.82, 2.24) is 9.97 Å². The van der Waals surface area contributed by atoms with E-state index in [0.29, 0.717) is 16.3 Å². The van der Waals surface area contributed by atoms with Gasteiger partial charge >= 0.3 is 5.97 Å². The zero-order valence-electron chi connectivity index (χ0n) is 10.7. The summed E-state index contributed by atoms with van der Waals surface area (Å²) in [6.07, 6.45) is 3.24. The fraction of sp³-hybridized carbons (Fsp3) is 0. The predicted molar refractivity (Wildman–Crippen MR) is 77.7 cm³/mol. The molecule has 0 amide bonds. The average Bonchev–Trinajstić information content (AvgIpc) is 2.94. The number of aromatic nitrogens is 2.